The summed E-state index contributed by atoms with van der Waals surface area (Å²) in [6.45, 7) is 11.0. The van der Waals surface area contributed by atoms with E-state index in [1.54, 1.807) is 0 Å². The Balaban J connectivity index is 2.28. The molecule has 19 heavy (non-hydrogen) atoms. The van der Waals surface area contributed by atoms with Crippen molar-refractivity contribution in [1.82, 2.24) is 9.88 Å². The van der Waals surface area contributed by atoms with Gasteiger partial charge in [-0.3, -0.25) is 0 Å². The minimum Gasteiger partial charge on any atom is -0.343 e. The molecule has 0 unspecified atom stereocenters. The Bertz CT molecular complexity index is 523. The third-order valence-corrected chi connectivity index (χ3v) is 3.52. The smallest absolute Gasteiger partial charge is 0.0482 e. The number of aryl methyl sites for hydroxylation is 1. The van der Waals surface area contributed by atoms with Crippen molar-refractivity contribution >= 4 is 10.9 Å². The van der Waals surface area contributed by atoms with Crippen molar-refractivity contribution in [1.29, 1.82) is 0 Å². The SMILES string of the molecule is CC(C)CCn1c(CNC(C)C)cc2ccccc21. The standard InChI is InChI=1S/C17H26N2/c1-13(2)9-10-19-16(12-18-14(3)4)11-15-7-5-6-8-17(15)19/h5-8,11,13-14,18H,9-10,12H2,1-4H3. The van der Waals surface area contributed by atoms with Crippen molar-refractivity contribution < 1.29 is 0 Å². The van der Waals surface area contributed by atoms with Crippen LogP contribution in [0.1, 0.15) is 39.8 Å². The summed E-state index contributed by atoms with van der Waals surface area (Å²) < 4.78 is 2.48. The van der Waals surface area contributed by atoms with E-state index in [1.165, 1.54) is 23.0 Å². The minimum atomic E-state index is 0.525. The Kier molecular flexibility index (Phi) is 4.65. The number of fused-ring (bicyclic) bond motifs is 1. The van der Waals surface area contributed by atoms with Crippen molar-refractivity contribution in [2.75, 3.05) is 0 Å². The van der Waals surface area contributed by atoms with Gasteiger partial charge in [0.05, 0.1) is 0 Å². The summed E-state index contributed by atoms with van der Waals surface area (Å²) in [5.74, 6) is 0.743. The fraction of sp³-hybridized carbons (Fsp3) is 0.529. The van der Waals surface area contributed by atoms with Gasteiger partial charge in [-0.1, -0.05) is 45.9 Å². The van der Waals surface area contributed by atoms with Gasteiger partial charge in [0.15, 0.2) is 0 Å². The Morgan fingerprint density at radius 1 is 1.11 bits per heavy atom. The van der Waals surface area contributed by atoms with Crippen LogP contribution in [0.4, 0.5) is 0 Å². The molecule has 0 saturated heterocycles. The average Bonchev–Trinajstić information content (AvgIpc) is 2.71. The van der Waals surface area contributed by atoms with E-state index in [0.29, 0.717) is 6.04 Å². The third-order valence-electron chi connectivity index (χ3n) is 3.52. The highest BCUT2D eigenvalue weighted by Crippen LogP contribution is 2.21. The largest absolute Gasteiger partial charge is 0.343 e. The minimum absolute atomic E-state index is 0.525. The van der Waals surface area contributed by atoms with E-state index in [-0.39, 0.29) is 0 Å². The zero-order valence-corrected chi connectivity index (χ0v) is 12.6. The van der Waals surface area contributed by atoms with Crippen LogP contribution in [0.25, 0.3) is 10.9 Å². The molecule has 1 heterocycles. The van der Waals surface area contributed by atoms with Gasteiger partial charge in [-0.25, -0.2) is 0 Å². The molecule has 1 aromatic heterocycles. The van der Waals surface area contributed by atoms with E-state index in [9.17, 15) is 0 Å². The number of rotatable bonds is 6. The first-order valence-electron chi connectivity index (χ1n) is 7.38. The van der Waals surface area contributed by atoms with Crippen LogP contribution >= 0.6 is 0 Å². The first-order valence-corrected chi connectivity index (χ1v) is 7.38. The molecule has 0 aliphatic carbocycles. The molecule has 2 heteroatoms. The lowest BCUT2D eigenvalue weighted by Crippen LogP contribution is -2.23. The van der Waals surface area contributed by atoms with Crippen LogP contribution in [-0.4, -0.2) is 10.6 Å². The number of benzene rings is 1. The van der Waals surface area contributed by atoms with Crippen LogP contribution in [0.5, 0.6) is 0 Å². The summed E-state index contributed by atoms with van der Waals surface area (Å²) in [5, 5.41) is 4.88. The maximum atomic E-state index is 3.53. The van der Waals surface area contributed by atoms with Crippen LogP contribution in [-0.2, 0) is 13.1 Å². The van der Waals surface area contributed by atoms with Crippen molar-refractivity contribution in [2.24, 2.45) is 5.92 Å². The number of nitrogens with zero attached hydrogens (tertiary/aromatic N) is 1. The number of para-hydroxylation sites is 1. The van der Waals surface area contributed by atoms with E-state index in [4.69, 9.17) is 0 Å². The van der Waals surface area contributed by atoms with E-state index < -0.39 is 0 Å². The Labute approximate surface area is 116 Å². The summed E-state index contributed by atoms with van der Waals surface area (Å²) >= 11 is 0. The van der Waals surface area contributed by atoms with Gasteiger partial charge in [-0.05, 0) is 29.9 Å². The van der Waals surface area contributed by atoms with Gasteiger partial charge in [0.25, 0.3) is 0 Å². The summed E-state index contributed by atoms with van der Waals surface area (Å²) in [5.41, 5.74) is 2.76. The van der Waals surface area contributed by atoms with Gasteiger partial charge in [-0.2, -0.15) is 0 Å². The van der Waals surface area contributed by atoms with E-state index >= 15 is 0 Å². The second kappa shape index (κ2) is 6.25. The zero-order chi connectivity index (χ0) is 13.8. The molecule has 2 nitrogen and oxygen atoms in total. The molecule has 1 N–H and O–H groups in total. The van der Waals surface area contributed by atoms with E-state index in [1.807, 2.05) is 0 Å². The topological polar surface area (TPSA) is 17.0 Å². The molecular formula is C17H26N2. The summed E-state index contributed by atoms with van der Waals surface area (Å²) in [6.07, 6.45) is 1.23. The lowest BCUT2D eigenvalue weighted by Gasteiger charge is -2.14. The predicted molar refractivity (Wildman–Crippen MR) is 83.4 cm³/mol. The maximum absolute atomic E-state index is 3.53. The first-order chi connectivity index (χ1) is 9.08. The quantitative estimate of drug-likeness (QED) is 0.822. The summed E-state index contributed by atoms with van der Waals surface area (Å²) in [4.78, 5) is 0. The monoisotopic (exact) mass is 258 g/mol. The van der Waals surface area contributed by atoms with E-state index in [0.717, 1.165) is 19.0 Å². The number of aromatic nitrogens is 1. The Morgan fingerprint density at radius 2 is 1.84 bits per heavy atom. The second-order valence-electron chi connectivity index (χ2n) is 6.06. The fourth-order valence-corrected chi connectivity index (χ4v) is 2.37. The number of nitrogens with one attached hydrogen (secondary N) is 1. The summed E-state index contributed by atoms with van der Waals surface area (Å²) in [7, 11) is 0. The van der Waals surface area contributed by atoms with Crippen molar-refractivity contribution in [3.63, 3.8) is 0 Å². The van der Waals surface area contributed by atoms with Crippen LogP contribution in [0, 0.1) is 5.92 Å². The van der Waals surface area contributed by atoms with Crippen LogP contribution in [0.2, 0.25) is 0 Å². The molecule has 2 rings (SSSR count). The van der Waals surface area contributed by atoms with Gasteiger partial charge in [0.1, 0.15) is 0 Å². The third kappa shape index (κ3) is 3.60. The van der Waals surface area contributed by atoms with Crippen LogP contribution in [0.3, 0.4) is 0 Å². The molecule has 0 aliphatic rings. The molecular weight excluding hydrogens is 232 g/mol. The molecule has 0 saturated carbocycles. The Morgan fingerprint density at radius 3 is 2.53 bits per heavy atom. The lowest BCUT2D eigenvalue weighted by atomic mass is 10.1. The molecule has 0 spiro atoms. The molecule has 104 valence electrons. The molecule has 0 fully saturated rings. The highest BCUT2D eigenvalue weighted by Gasteiger charge is 2.09. The van der Waals surface area contributed by atoms with Crippen molar-refractivity contribution in [3.8, 4) is 0 Å². The van der Waals surface area contributed by atoms with Crippen molar-refractivity contribution in [2.45, 2.75) is 53.2 Å². The van der Waals surface area contributed by atoms with Gasteiger partial charge in [0.2, 0.25) is 0 Å². The highest BCUT2D eigenvalue weighted by molar-refractivity contribution is 5.81. The van der Waals surface area contributed by atoms with Gasteiger partial charge in [-0.15, -0.1) is 0 Å². The predicted octanol–water partition coefficient (Wildman–Crippen LogP) is 4.19. The van der Waals surface area contributed by atoms with Crippen LogP contribution < -0.4 is 5.32 Å². The maximum Gasteiger partial charge on any atom is 0.0482 e. The first kappa shape index (κ1) is 14.1. The van der Waals surface area contributed by atoms with Gasteiger partial charge < -0.3 is 9.88 Å². The molecule has 0 amide bonds. The normalized spacial score (nSPS) is 11.9. The molecule has 0 bridgehead atoms. The zero-order valence-electron chi connectivity index (χ0n) is 12.6. The highest BCUT2D eigenvalue weighted by atomic mass is 15.0. The van der Waals surface area contributed by atoms with Gasteiger partial charge >= 0.3 is 0 Å². The molecule has 1 aromatic carbocycles. The molecule has 0 aliphatic heterocycles. The van der Waals surface area contributed by atoms with E-state index in [2.05, 4.69) is 67.9 Å². The molecule has 0 radical (unpaired) electrons. The van der Waals surface area contributed by atoms with Crippen molar-refractivity contribution in [3.05, 3.63) is 36.0 Å². The average molecular weight is 258 g/mol. The number of hydrogen-bond acceptors (Lipinski definition) is 1. The number of hydrogen-bond donors (Lipinski definition) is 1. The fourth-order valence-electron chi connectivity index (χ4n) is 2.37. The Hall–Kier alpha value is -1.28. The summed E-state index contributed by atoms with van der Waals surface area (Å²) in [6, 6.07) is 11.5. The second-order valence-corrected chi connectivity index (χ2v) is 6.06. The molecule has 0 atom stereocenters. The van der Waals surface area contributed by atoms with Gasteiger partial charge in [0, 0.05) is 30.3 Å². The lowest BCUT2D eigenvalue weighted by molar-refractivity contribution is 0.501. The van der Waals surface area contributed by atoms with Crippen LogP contribution in [0.15, 0.2) is 30.3 Å². The molecule has 2 aromatic rings.